The van der Waals surface area contributed by atoms with Gasteiger partial charge < -0.3 is 5.32 Å². The lowest BCUT2D eigenvalue weighted by Crippen LogP contribution is -2.36. The van der Waals surface area contributed by atoms with E-state index in [4.69, 9.17) is 0 Å². The van der Waals surface area contributed by atoms with Gasteiger partial charge in [0.25, 0.3) is 0 Å². The van der Waals surface area contributed by atoms with E-state index in [-0.39, 0.29) is 5.41 Å². The summed E-state index contributed by atoms with van der Waals surface area (Å²) < 4.78 is 0. The van der Waals surface area contributed by atoms with Gasteiger partial charge in [-0.05, 0) is 28.9 Å². The Morgan fingerprint density at radius 2 is 1.73 bits per heavy atom. The Hall–Kier alpha value is -0.980. The molecule has 0 saturated heterocycles. The van der Waals surface area contributed by atoms with Crippen molar-refractivity contribution in [1.29, 1.82) is 0 Å². The summed E-state index contributed by atoms with van der Waals surface area (Å²) in [6.45, 7) is 10.5. The molecule has 0 spiro atoms. The Bertz CT molecular complexity index is 363. The molecule has 0 saturated carbocycles. The zero-order valence-electron chi connectivity index (χ0n) is 10.2. The predicted octanol–water partition coefficient (Wildman–Crippen LogP) is 3.81. The number of nitrogens with one attached hydrogen (secondary N) is 1. The first-order valence-corrected chi connectivity index (χ1v) is 5.78. The molecule has 0 unspecified atom stereocenters. The molecule has 1 aromatic rings. The minimum Gasteiger partial charge on any atom is -0.385 e. The third-order valence-electron chi connectivity index (χ3n) is 4.36. The number of rotatable bonds is 0. The highest BCUT2D eigenvalue weighted by molar-refractivity contribution is 5.56. The highest BCUT2D eigenvalue weighted by Gasteiger charge is 2.40. The summed E-state index contributed by atoms with van der Waals surface area (Å²) in [5.41, 5.74) is 3.33. The molecule has 1 nitrogen and oxygen atoms in total. The minimum absolute atomic E-state index is 0.229. The van der Waals surface area contributed by atoms with Crippen molar-refractivity contribution in [3.63, 3.8) is 0 Å². The fourth-order valence-corrected chi connectivity index (χ4v) is 2.37. The first-order valence-electron chi connectivity index (χ1n) is 5.78. The fourth-order valence-electron chi connectivity index (χ4n) is 2.37. The van der Waals surface area contributed by atoms with E-state index in [2.05, 4.69) is 57.3 Å². The molecule has 0 amide bonds. The Morgan fingerprint density at radius 1 is 1.07 bits per heavy atom. The van der Waals surface area contributed by atoms with Crippen LogP contribution < -0.4 is 5.32 Å². The molecule has 82 valence electrons. The molecule has 0 aliphatic carbocycles. The summed E-state index contributed by atoms with van der Waals surface area (Å²) in [5, 5.41) is 3.54. The number of benzene rings is 1. The number of hydrogen-bond acceptors (Lipinski definition) is 1. The molecule has 0 radical (unpaired) electrons. The second-order valence-corrected chi connectivity index (χ2v) is 5.73. The van der Waals surface area contributed by atoms with E-state index in [0.29, 0.717) is 5.41 Å². The Labute approximate surface area is 92.9 Å². The van der Waals surface area contributed by atoms with Crippen LogP contribution in [0.1, 0.15) is 39.7 Å². The second-order valence-electron chi connectivity index (χ2n) is 5.73. The largest absolute Gasteiger partial charge is 0.385 e. The summed E-state index contributed by atoms with van der Waals surface area (Å²) in [6.07, 6.45) is 1.22. The summed E-state index contributed by atoms with van der Waals surface area (Å²) in [7, 11) is 0. The molecular weight excluding hydrogens is 182 g/mol. The summed E-state index contributed by atoms with van der Waals surface area (Å²) in [6, 6.07) is 8.71. The van der Waals surface area contributed by atoms with Gasteiger partial charge in [-0.2, -0.15) is 0 Å². The minimum atomic E-state index is 0.229. The van der Waals surface area contributed by atoms with Crippen molar-refractivity contribution in [1.82, 2.24) is 0 Å². The molecule has 2 rings (SSSR count). The fraction of sp³-hybridized carbons (Fsp3) is 0.571. The van der Waals surface area contributed by atoms with Crippen molar-refractivity contribution in [2.24, 2.45) is 5.41 Å². The maximum atomic E-state index is 3.54. The zero-order valence-corrected chi connectivity index (χ0v) is 10.2. The van der Waals surface area contributed by atoms with Crippen LogP contribution in [0.25, 0.3) is 0 Å². The van der Waals surface area contributed by atoms with Crippen molar-refractivity contribution < 1.29 is 0 Å². The molecule has 1 heterocycles. The normalized spacial score (nSPS) is 22.4. The van der Waals surface area contributed by atoms with Crippen LogP contribution >= 0.6 is 0 Å². The SMILES string of the molecule is CC1(C)CCNc2ccccc2C1(C)C. The molecule has 1 aliphatic heterocycles. The molecule has 0 fully saturated rings. The van der Waals surface area contributed by atoms with Crippen molar-refractivity contribution >= 4 is 5.69 Å². The summed E-state index contributed by atoms with van der Waals surface area (Å²) in [5.74, 6) is 0. The molecule has 0 aromatic heterocycles. The third-order valence-corrected chi connectivity index (χ3v) is 4.36. The van der Waals surface area contributed by atoms with Crippen molar-refractivity contribution in [2.45, 2.75) is 39.5 Å². The lowest BCUT2D eigenvalue weighted by atomic mass is 9.63. The average molecular weight is 203 g/mol. The first-order chi connectivity index (χ1) is 6.95. The topological polar surface area (TPSA) is 12.0 Å². The molecule has 1 aliphatic rings. The maximum Gasteiger partial charge on any atom is 0.0378 e. The number of fused-ring (bicyclic) bond motifs is 1. The zero-order chi connectivity index (χ0) is 11.1. The predicted molar refractivity (Wildman–Crippen MR) is 66.4 cm³/mol. The lowest BCUT2D eigenvalue weighted by Gasteiger charge is -2.41. The first kappa shape index (κ1) is 10.5. The highest BCUT2D eigenvalue weighted by Crippen LogP contribution is 2.47. The van der Waals surface area contributed by atoms with E-state index < -0.39 is 0 Å². The van der Waals surface area contributed by atoms with Crippen molar-refractivity contribution in [3.05, 3.63) is 29.8 Å². The quantitative estimate of drug-likeness (QED) is 0.676. The van der Waals surface area contributed by atoms with E-state index in [1.807, 2.05) is 0 Å². The summed E-state index contributed by atoms with van der Waals surface area (Å²) >= 11 is 0. The standard InChI is InChI=1S/C14H21N/c1-13(2)9-10-15-12-8-6-5-7-11(12)14(13,3)4/h5-8,15H,9-10H2,1-4H3. The van der Waals surface area contributed by atoms with Gasteiger partial charge in [-0.1, -0.05) is 45.9 Å². The van der Waals surface area contributed by atoms with E-state index in [1.165, 1.54) is 17.7 Å². The maximum absolute atomic E-state index is 3.54. The van der Waals surface area contributed by atoms with Crippen LogP contribution in [0, 0.1) is 5.41 Å². The van der Waals surface area contributed by atoms with Gasteiger partial charge in [0.15, 0.2) is 0 Å². The van der Waals surface area contributed by atoms with Gasteiger partial charge in [0.2, 0.25) is 0 Å². The van der Waals surface area contributed by atoms with Gasteiger partial charge in [-0.3, -0.25) is 0 Å². The molecule has 0 bridgehead atoms. The van der Waals surface area contributed by atoms with Crippen molar-refractivity contribution in [2.75, 3.05) is 11.9 Å². The van der Waals surface area contributed by atoms with Crippen LogP contribution in [0.5, 0.6) is 0 Å². The van der Waals surface area contributed by atoms with E-state index in [0.717, 1.165) is 6.54 Å². The van der Waals surface area contributed by atoms with E-state index in [9.17, 15) is 0 Å². The van der Waals surface area contributed by atoms with Crippen molar-refractivity contribution in [3.8, 4) is 0 Å². The molecular formula is C14H21N. The van der Waals surface area contributed by atoms with Crippen LogP contribution in [-0.2, 0) is 5.41 Å². The number of hydrogen-bond donors (Lipinski definition) is 1. The van der Waals surface area contributed by atoms with Crippen LogP contribution in [0.4, 0.5) is 5.69 Å². The molecule has 1 aromatic carbocycles. The van der Waals surface area contributed by atoms with Crippen LogP contribution in [0.15, 0.2) is 24.3 Å². The summed E-state index contributed by atoms with van der Waals surface area (Å²) in [4.78, 5) is 0. The smallest absolute Gasteiger partial charge is 0.0378 e. The molecule has 0 atom stereocenters. The Kier molecular flexibility index (Phi) is 2.29. The number of para-hydroxylation sites is 1. The van der Waals surface area contributed by atoms with Gasteiger partial charge in [0.05, 0.1) is 0 Å². The van der Waals surface area contributed by atoms with E-state index >= 15 is 0 Å². The van der Waals surface area contributed by atoms with Gasteiger partial charge in [0.1, 0.15) is 0 Å². The van der Waals surface area contributed by atoms with Gasteiger partial charge in [0, 0.05) is 12.2 Å². The van der Waals surface area contributed by atoms with E-state index in [1.54, 1.807) is 0 Å². The number of anilines is 1. The van der Waals surface area contributed by atoms with Crippen LogP contribution in [0.2, 0.25) is 0 Å². The Balaban J connectivity index is 2.57. The van der Waals surface area contributed by atoms with Gasteiger partial charge in [-0.15, -0.1) is 0 Å². The monoisotopic (exact) mass is 203 g/mol. The van der Waals surface area contributed by atoms with Gasteiger partial charge in [-0.25, -0.2) is 0 Å². The third kappa shape index (κ3) is 1.54. The molecule has 1 N–H and O–H groups in total. The molecule has 1 heteroatoms. The Morgan fingerprint density at radius 3 is 2.47 bits per heavy atom. The van der Waals surface area contributed by atoms with Crippen LogP contribution in [-0.4, -0.2) is 6.54 Å². The highest BCUT2D eigenvalue weighted by atomic mass is 14.9. The molecule has 15 heavy (non-hydrogen) atoms. The second kappa shape index (κ2) is 3.26. The lowest BCUT2D eigenvalue weighted by molar-refractivity contribution is 0.191. The van der Waals surface area contributed by atoms with Gasteiger partial charge >= 0.3 is 0 Å². The van der Waals surface area contributed by atoms with Crippen LogP contribution in [0.3, 0.4) is 0 Å². The average Bonchev–Trinajstić information content (AvgIpc) is 2.25.